The Hall–Kier alpha value is -0.990. The first-order chi connectivity index (χ1) is 8.67. The second kappa shape index (κ2) is 5.77. The second-order valence-corrected chi connectivity index (χ2v) is 4.80. The molecule has 0 amide bonds. The maximum Gasteiger partial charge on any atom is 0.120 e. The predicted octanol–water partition coefficient (Wildman–Crippen LogP) is 4.38. The molecule has 0 bridgehead atoms. The lowest BCUT2D eigenvalue weighted by Gasteiger charge is -2.11. The quantitative estimate of drug-likeness (QED) is 0.777. The standard InChI is InChI=1S/C14H15Cl2NO/c1-3-18-10-4-5-13-12(8-10)14(16)11(6-7-15)9(2)17-13/h4-5,8H,3,6-7H2,1-2H3. The van der Waals surface area contributed by atoms with Gasteiger partial charge in [-0.05, 0) is 44.0 Å². The fourth-order valence-electron chi connectivity index (χ4n) is 2.00. The average molecular weight is 284 g/mol. The number of halogens is 2. The van der Waals surface area contributed by atoms with Gasteiger partial charge in [-0.2, -0.15) is 0 Å². The van der Waals surface area contributed by atoms with E-state index in [1.54, 1.807) is 0 Å². The second-order valence-electron chi connectivity index (χ2n) is 4.04. The highest BCUT2D eigenvalue weighted by Gasteiger charge is 2.11. The van der Waals surface area contributed by atoms with E-state index in [1.807, 2.05) is 32.0 Å². The largest absolute Gasteiger partial charge is 0.494 e. The van der Waals surface area contributed by atoms with Crippen LogP contribution < -0.4 is 4.74 Å². The normalized spacial score (nSPS) is 10.9. The predicted molar refractivity (Wildman–Crippen MR) is 77.1 cm³/mol. The highest BCUT2D eigenvalue weighted by Crippen LogP contribution is 2.31. The summed E-state index contributed by atoms with van der Waals surface area (Å²) in [4.78, 5) is 4.56. The van der Waals surface area contributed by atoms with E-state index in [1.165, 1.54) is 0 Å². The van der Waals surface area contributed by atoms with Crippen LogP contribution in [0, 0.1) is 6.92 Å². The molecule has 18 heavy (non-hydrogen) atoms. The Balaban J connectivity index is 2.61. The number of rotatable bonds is 4. The van der Waals surface area contributed by atoms with E-state index in [0.717, 1.165) is 39.4 Å². The fourth-order valence-corrected chi connectivity index (χ4v) is 2.57. The number of hydrogen-bond acceptors (Lipinski definition) is 2. The van der Waals surface area contributed by atoms with Gasteiger partial charge in [0.15, 0.2) is 0 Å². The number of alkyl halides is 1. The molecule has 1 aromatic carbocycles. The van der Waals surface area contributed by atoms with Gasteiger partial charge in [0.2, 0.25) is 0 Å². The third-order valence-electron chi connectivity index (χ3n) is 2.85. The van der Waals surface area contributed by atoms with E-state index < -0.39 is 0 Å². The minimum Gasteiger partial charge on any atom is -0.494 e. The minimum absolute atomic E-state index is 0.541. The smallest absolute Gasteiger partial charge is 0.120 e. The third-order valence-corrected chi connectivity index (χ3v) is 3.47. The molecule has 2 aromatic rings. The number of ether oxygens (including phenoxy) is 1. The van der Waals surface area contributed by atoms with Crippen molar-refractivity contribution < 1.29 is 4.74 Å². The Labute approximate surface area is 117 Å². The van der Waals surface area contributed by atoms with Crippen LogP contribution in [0.15, 0.2) is 18.2 Å². The molecule has 0 aliphatic heterocycles. The highest BCUT2D eigenvalue weighted by atomic mass is 35.5. The van der Waals surface area contributed by atoms with Crippen molar-refractivity contribution >= 4 is 34.1 Å². The van der Waals surface area contributed by atoms with E-state index >= 15 is 0 Å². The number of aromatic nitrogens is 1. The Morgan fingerprint density at radius 3 is 2.78 bits per heavy atom. The summed E-state index contributed by atoms with van der Waals surface area (Å²) in [6.45, 7) is 4.55. The van der Waals surface area contributed by atoms with Crippen LogP contribution in [0.5, 0.6) is 5.75 Å². The van der Waals surface area contributed by atoms with Gasteiger partial charge in [-0.15, -0.1) is 11.6 Å². The van der Waals surface area contributed by atoms with E-state index in [0.29, 0.717) is 12.5 Å². The molecular formula is C14H15Cl2NO. The molecule has 0 aliphatic carbocycles. The maximum atomic E-state index is 6.44. The molecule has 2 nitrogen and oxygen atoms in total. The molecule has 0 fully saturated rings. The van der Waals surface area contributed by atoms with Crippen molar-refractivity contribution in [3.8, 4) is 5.75 Å². The van der Waals surface area contributed by atoms with Crippen LogP contribution in [-0.2, 0) is 6.42 Å². The number of pyridine rings is 1. The SMILES string of the molecule is CCOc1ccc2nc(C)c(CCCl)c(Cl)c2c1. The van der Waals surface area contributed by atoms with Gasteiger partial charge in [0.05, 0.1) is 17.1 Å². The van der Waals surface area contributed by atoms with E-state index in [-0.39, 0.29) is 0 Å². The zero-order valence-corrected chi connectivity index (χ0v) is 12.0. The van der Waals surface area contributed by atoms with Crippen molar-refractivity contribution in [3.63, 3.8) is 0 Å². The van der Waals surface area contributed by atoms with Crippen LogP contribution in [-0.4, -0.2) is 17.5 Å². The van der Waals surface area contributed by atoms with Gasteiger partial charge in [0, 0.05) is 17.0 Å². The zero-order chi connectivity index (χ0) is 13.1. The van der Waals surface area contributed by atoms with Gasteiger partial charge >= 0.3 is 0 Å². The molecule has 2 rings (SSSR count). The van der Waals surface area contributed by atoms with Crippen LogP contribution >= 0.6 is 23.2 Å². The molecule has 0 spiro atoms. The maximum absolute atomic E-state index is 6.44. The lowest BCUT2D eigenvalue weighted by atomic mass is 10.1. The molecule has 1 aromatic heterocycles. The number of benzene rings is 1. The van der Waals surface area contributed by atoms with Gasteiger partial charge in [0.25, 0.3) is 0 Å². The number of aryl methyl sites for hydroxylation is 1. The Kier molecular flexibility index (Phi) is 4.31. The molecule has 96 valence electrons. The van der Waals surface area contributed by atoms with Gasteiger partial charge in [-0.25, -0.2) is 0 Å². The molecule has 0 N–H and O–H groups in total. The summed E-state index contributed by atoms with van der Waals surface area (Å²) < 4.78 is 5.49. The van der Waals surface area contributed by atoms with Crippen molar-refractivity contribution in [2.75, 3.05) is 12.5 Å². The van der Waals surface area contributed by atoms with Gasteiger partial charge < -0.3 is 4.74 Å². The summed E-state index contributed by atoms with van der Waals surface area (Å²) in [5.41, 5.74) is 2.85. The minimum atomic E-state index is 0.541. The summed E-state index contributed by atoms with van der Waals surface area (Å²) in [5.74, 6) is 1.35. The van der Waals surface area contributed by atoms with Crippen LogP contribution in [0.2, 0.25) is 5.02 Å². The Morgan fingerprint density at radius 2 is 2.11 bits per heavy atom. The molecule has 1 heterocycles. The first kappa shape index (κ1) is 13.4. The Bertz CT molecular complexity index is 569. The van der Waals surface area contributed by atoms with Gasteiger partial charge in [-0.3, -0.25) is 4.98 Å². The first-order valence-electron chi connectivity index (χ1n) is 5.94. The molecule has 0 aliphatic rings. The molecule has 0 saturated heterocycles. The average Bonchev–Trinajstić information content (AvgIpc) is 2.36. The molecule has 0 atom stereocenters. The van der Waals surface area contributed by atoms with Crippen LogP contribution in [0.3, 0.4) is 0 Å². The number of fused-ring (bicyclic) bond motifs is 1. The molecule has 0 radical (unpaired) electrons. The summed E-state index contributed by atoms with van der Waals surface area (Å²) in [7, 11) is 0. The van der Waals surface area contributed by atoms with E-state index in [2.05, 4.69) is 4.98 Å². The van der Waals surface area contributed by atoms with Gasteiger partial charge in [0.1, 0.15) is 5.75 Å². The van der Waals surface area contributed by atoms with Crippen molar-refractivity contribution in [3.05, 3.63) is 34.5 Å². The lowest BCUT2D eigenvalue weighted by molar-refractivity contribution is 0.340. The summed E-state index contributed by atoms with van der Waals surface area (Å²) in [6.07, 6.45) is 0.730. The number of nitrogens with zero attached hydrogens (tertiary/aromatic N) is 1. The van der Waals surface area contributed by atoms with Gasteiger partial charge in [-0.1, -0.05) is 11.6 Å². The Morgan fingerprint density at radius 1 is 1.33 bits per heavy atom. The van der Waals surface area contributed by atoms with Crippen molar-refractivity contribution in [2.45, 2.75) is 20.3 Å². The topological polar surface area (TPSA) is 22.1 Å². The van der Waals surface area contributed by atoms with Crippen LogP contribution in [0.25, 0.3) is 10.9 Å². The monoisotopic (exact) mass is 283 g/mol. The summed E-state index contributed by atoms with van der Waals surface area (Å²) in [5, 5.41) is 1.66. The zero-order valence-electron chi connectivity index (χ0n) is 10.5. The molecule has 4 heteroatoms. The van der Waals surface area contributed by atoms with E-state index in [9.17, 15) is 0 Å². The molecule has 0 unspecified atom stereocenters. The van der Waals surface area contributed by atoms with Crippen molar-refractivity contribution in [1.82, 2.24) is 4.98 Å². The third kappa shape index (κ3) is 2.55. The van der Waals surface area contributed by atoms with Crippen molar-refractivity contribution in [2.24, 2.45) is 0 Å². The molecular weight excluding hydrogens is 269 g/mol. The number of hydrogen-bond donors (Lipinski definition) is 0. The lowest BCUT2D eigenvalue weighted by Crippen LogP contribution is -1.98. The van der Waals surface area contributed by atoms with Crippen molar-refractivity contribution in [1.29, 1.82) is 0 Å². The fraction of sp³-hybridized carbons (Fsp3) is 0.357. The van der Waals surface area contributed by atoms with Crippen LogP contribution in [0.4, 0.5) is 0 Å². The highest BCUT2D eigenvalue weighted by molar-refractivity contribution is 6.36. The van der Waals surface area contributed by atoms with E-state index in [4.69, 9.17) is 27.9 Å². The first-order valence-corrected chi connectivity index (χ1v) is 6.86. The summed E-state index contributed by atoms with van der Waals surface area (Å²) in [6, 6.07) is 5.78. The van der Waals surface area contributed by atoms with Crippen LogP contribution in [0.1, 0.15) is 18.2 Å². The summed E-state index contributed by atoms with van der Waals surface area (Å²) >= 11 is 12.2. The molecule has 0 saturated carbocycles.